The number of benzene rings is 2. The average molecular weight is 586 g/mol. The molecule has 174 valence electrons. The van der Waals surface area contributed by atoms with E-state index in [9.17, 15) is 13.6 Å². The molecule has 2 heterocycles. The van der Waals surface area contributed by atoms with Crippen LogP contribution in [0.4, 0.5) is 13.6 Å². The molecule has 1 unspecified atom stereocenters. The van der Waals surface area contributed by atoms with Gasteiger partial charge in [-0.05, 0) is 23.8 Å². The summed E-state index contributed by atoms with van der Waals surface area (Å²) >= 11 is 1.12. The number of rotatable bonds is 6. The van der Waals surface area contributed by atoms with Crippen molar-refractivity contribution in [2.24, 2.45) is 12.1 Å². The normalized spacial score (nSPS) is 17.6. The van der Waals surface area contributed by atoms with Crippen LogP contribution in [0, 0.1) is 11.6 Å². The molecule has 3 aromatic rings. The van der Waals surface area contributed by atoms with E-state index in [1.807, 2.05) is 30.3 Å². The summed E-state index contributed by atoms with van der Waals surface area (Å²) in [6.07, 6.45) is 4.90. The number of hydrazone groups is 1. The maximum atomic E-state index is 14.6. The number of aromatic nitrogens is 2. The van der Waals surface area contributed by atoms with Crippen molar-refractivity contribution in [3.05, 3.63) is 90.0 Å². The number of imidazole rings is 1. The zero-order valence-corrected chi connectivity index (χ0v) is 20.8. The van der Waals surface area contributed by atoms with Gasteiger partial charge >= 0.3 is 6.03 Å². The largest absolute Gasteiger partial charge is 1.00 e. The van der Waals surface area contributed by atoms with Crippen LogP contribution in [0.3, 0.4) is 0 Å². The molecule has 0 N–H and O–H groups in total. The maximum absolute atomic E-state index is 14.6. The number of hydrogen-bond acceptors (Lipinski definition) is 5. The second-order valence-electron chi connectivity index (χ2n) is 7.12. The molecule has 0 spiro atoms. The van der Waals surface area contributed by atoms with Gasteiger partial charge in [0, 0.05) is 12.7 Å². The Morgan fingerprint density at radius 1 is 1.21 bits per heavy atom. The Labute approximate surface area is 211 Å². The molecule has 1 atom stereocenters. The second kappa shape index (κ2) is 10.7. The first-order valence-electron chi connectivity index (χ1n) is 9.67. The summed E-state index contributed by atoms with van der Waals surface area (Å²) in [5, 5.41) is 5.88. The van der Waals surface area contributed by atoms with Crippen molar-refractivity contribution in [2.75, 3.05) is 20.5 Å². The molecule has 0 aliphatic carbocycles. The van der Waals surface area contributed by atoms with Crippen LogP contribution in [-0.4, -0.2) is 41.2 Å². The van der Waals surface area contributed by atoms with Crippen molar-refractivity contribution in [1.82, 2.24) is 9.58 Å². The van der Waals surface area contributed by atoms with Crippen LogP contribution in [0.2, 0.25) is 0 Å². The standard InChI is InChI=1S/C22H21F2N4O3S.HI/c1-26-10-11-27(14-26)21(29)28-22(13-31-15-30-2,16-6-4-3-5-7-16)32-20(25-28)18-12-17(23)8-9-19(18)24;/h3-12,14H,13,15H2,1-2H3;1H/q+1;/p-1. The van der Waals surface area contributed by atoms with E-state index < -0.39 is 22.5 Å². The molecule has 33 heavy (non-hydrogen) atoms. The lowest BCUT2D eigenvalue weighted by Crippen LogP contribution is -3.00. The first-order chi connectivity index (χ1) is 15.4. The van der Waals surface area contributed by atoms with Crippen molar-refractivity contribution >= 4 is 22.8 Å². The zero-order chi connectivity index (χ0) is 22.7. The first-order valence-corrected chi connectivity index (χ1v) is 10.5. The summed E-state index contributed by atoms with van der Waals surface area (Å²) in [5.41, 5.74) is 0.678. The number of carbonyl (C=O) groups excluding carboxylic acids is 1. The SMILES string of the molecule is COCOCC1(c2ccccc2)SC(c2cc(F)ccc2F)=NN1C(=O)n1cc[n+](C)c1.[I-]. The third-order valence-corrected chi connectivity index (χ3v) is 6.21. The fourth-order valence-corrected chi connectivity index (χ4v) is 4.66. The van der Waals surface area contributed by atoms with E-state index >= 15 is 0 Å². The van der Waals surface area contributed by atoms with Gasteiger partial charge in [0.15, 0.2) is 4.87 Å². The van der Waals surface area contributed by atoms with E-state index in [1.165, 1.54) is 16.7 Å². The van der Waals surface area contributed by atoms with Gasteiger partial charge in [0.2, 0.25) is 0 Å². The highest BCUT2D eigenvalue weighted by Crippen LogP contribution is 2.48. The van der Waals surface area contributed by atoms with E-state index in [4.69, 9.17) is 9.47 Å². The number of hydrogen-bond donors (Lipinski definition) is 0. The molecular formula is C22H21F2IN4O3S. The van der Waals surface area contributed by atoms with Crippen molar-refractivity contribution in [1.29, 1.82) is 0 Å². The fraction of sp³-hybridized carbons (Fsp3) is 0.227. The fourth-order valence-electron chi connectivity index (χ4n) is 3.35. The molecule has 1 aliphatic rings. The second-order valence-corrected chi connectivity index (χ2v) is 8.38. The number of thioether (sulfide) groups is 1. The summed E-state index contributed by atoms with van der Waals surface area (Å²) in [6.45, 7) is -0.0160. The quantitative estimate of drug-likeness (QED) is 0.182. The Kier molecular flexibility index (Phi) is 8.21. The molecule has 0 saturated heterocycles. The Hall–Kier alpha value is -2.35. The van der Waals surface area contributed by atoms with E-state index in [1.54, 1.807) is 30.3 Å². The minimum atomic E-state index is -1.17. The lowest BCUT2D eigenvalue weighted by molar-refractivity contribution is -0.670. The van der Waals surface area contributed by atoms with Crippen LogP contribution >= 0.6 is 11.8 Å². The van der Waals surface area contributed by atoms with Gasteiger partial charge in [0.05, 0.1) is 13.7 Å². The summed E-state index contributed by atoms with van der Waals surface area (Å²) in [5.74, 6) is -1.24. The van der Waals surface area contributed by atoms with Crippen molar-refractivity contribution < 1.29 is 51.6 Å². The number of nitrogens with zero attached hydrogens (tertiary/aromatic N) is 4. The number of carbonyl (C=O) groups is 1. The maximum Gasteiger partial charge on any atom is 0.437 e. The molecule has 0 fully saturated rings. The van der Waals surface area contributed by atoms with Gasteiger partial charge in [-0.25, -0.2) is 18.1 Å². The predicted molar refractivity (Wildman–Crippen MR) is 115 cm³/mol. The smallest absolute Gasteiger partial charge is 0.437 e. The van der Waals surface area contributed by atoms with E-state index in [-0.39, 0.29) is 48.0 Å². The van der Waals surface area contributed by atoms with E-state index in [2.05, 4.69) is 5.10 Å². The summed E-state index contributed by atoms with van der Waals surface area (Å²) in [6, 6.07) is 11.8. The highest BCUT2D eigenvalue weighted by molar-refractivity contribution is 8.15. The van der Waals surface area contributed by atoms with Gasteiger partial charge in [0.1, 0.15) is 35.9 Å². The summed E-state index contributed by atoms with van der Waals surface area (Å²) < 4.78 is 42.3. The lowest BCUT2D eigenvalue weighted by Gasteiger charge is -2.33. The average Bonchev–Trinajstić information content (AvgIpc) is 3.40. The van der Waals surface area contributed by atoms with Crippen LogP contribution < -0.4 is 28.5 Å². The van der Waals surface area contributed by atoms with Gasteiger partial charge in [-0.15, -0.1) is 0 Å². The minimum absolute atomic E-state index is 0. The Balaban J connectivity index is 0.00000306. The monoisotopic (exact) mass is 586 g/mol. The number of ether oxygens (including phenoxy) is 2. The molecular weight excluding hydrogens is 565 g/mol. The Morgan fingerprint density at radius 2 is 1.97 bits per heavy atom. The lowest BCUT2D eigenvalue weighted by atomic mass is 10.1. The third-order valence-electron chi connectivity index (χ3n) is 4.85. The molecule has 2 aromatic carbocycles. The van der Waals surface area contributed by atoms with Crippen molar-refractivity contribution in [3.63, 3.8) is 0 Å². The zero-order valence-electron chi connectivity index (χ0n) is 17.8. The molecule has 1 amide bonds. The number of aryl methyl sites for hydroxylation is 1. The molecule has 11 heteroatoms. The van der Waals surface area contributed by atoms with Gasteiger partial charge < -0.3 is 33.5 Å². The van der Waals surface area contributed by atoms with Gasteiger partial charge in [0.25, 0.3) is 6.33 Å². The Bertz CT molecular complexity index is 1160. The van der Waals surface area contributed by atoms with Crippen LogP contribution in [0.5, 0.6) is 0 Å². The highest BCUT2D eigenvalue weighted by Gasteiger charge is 2.51. The molecule has 0 radical (unpaired) electrons. The van der Waals surface area contributed by atoms with Crippen LogP contribution in [0.1, 0.15) is 11.1 Å². The molecule has 7 nitrogen and oxygen atoms in total. The highest BCUT2D eigenvalue weighted by atomic mass is 127. The summed E-state index contributed by atoms with van der Waals surface area (Å²) in [4.78, 5) is 12.3. The van der Waals surface area contributed by atoms with Gasteiger partial charge in [-0.3, -0.25) is 0 Å². The van der Waals surface area contributed by atoms with Crippen LogP contribution in [0.25, 0.3) is 0 Å². The predicted octanol–water partition coefficient (Wildman–Crippen LogP) is 0.447. The van der Waals surface area contributed by atoms with Crippen molar-refractivity contribution in [2.45, 2.75) is 4.87 Å². The number of methoxy groups -OCH3 is 1. The molecule has 1 aliphatic heterocycles. The van der Waals surface area contributed by atoms with Gasteiger partial charge in [-0.1, -0.05) is 42.1 Å². The van der Waals surface area contributed by atoms with Crippen LogP contribution in [0.15, 0.2) is 72.4 Å². The molecule has 0 bridgehead atoms. The molecule has 1 aromatic heterocycles. The topological polar surface area (TPSA) is 59.9 Å². The first kappa shape index (κ1) is 25.3. The third kappa shape index (κ3) is 5.10. The minimum Gasteiger partial charge on any atom is -1.00 e. The van der Waals surface area contributed by atoms with Crippen molar-refractivity contribution in [3.8, 4) is 0 Å². The number of amides is 1. The van der Waals surface area contributed by atoms with E-state index in [0.717, 1.165) is 30.0 Å². The van der Waals surface area contributed by atoms with E-state index in [0.29, 0.717) is 5.56 Å². The van der Waals surface area contributed by atoms with Crippen LogP contribution in [-0.2, 0) is 21.4 Å². The number of halogens is 3. The molecule has 0 saturated carbocycles. The molecule has 4 rings (SSSR count). The Morgan fingerprint density at radius 3 is 2.64 bits per heavy atom. The summed E-state index contributed by atoms with van der Waals surface area (Å²) in [7, 11) is 3.27. The van der Waals surface area contributed by atoms with Gasteiger partial charge in [-0.2, -0.15) is 14.7 Å².